The second-order valence-corrected chi connectivity index (χ2v) is 8.21. The molecule has 0 atom stereocenters. The van der Waals surface area contributed by atoms with E-state index in [1.165, 1.54) is 0 Å². The minimum atomic E-state index is -0.734. The predicted octanol–water partition coefficient (Wildman–Crippen LogP) is 6.12. The van der Waals surface area contributed by atoms with Crippen molar-refractivity contribution in [2.75, 3.05) is 4.90 Å². The SMILES string of the molecule is Cc1ccc(Cl)cc1C=C1C(=O)N(C(=O)OC(C)(C)C)c2cc(Cl)ccc21. The summed E-state index contributed by atoms with van der Waals surface area (Å²) in [6.45, 7) is 7.17. The van der Waals surface area contributed by atoms with Crippen LogP contribution in [0.2, 0.25) is 10.0 Å². The summed E-state index contributed by atoms with van der Waals surface area (Å²) in [7, 11) is 0. The maximum Gasteiger partial charge on any atom is 0.422 e. The van der Waals surface area contributed by atoms with Crippen molar-refractivity contribution in [1.82, 2.24) is 0 Å². The molecule has 3 rings (SSSR count). The molecule has 1 aliphatic heterocycles. The molecule has 2 aromatic carbocycles. The van der Waals surface area contributed by atoms with E-state index in [1.807, 2.05) is 13.0 Å². The van der Waals surface area contributed by atoms with E-state index in [0.29, 0.717) is 26.9 Å². The Hall–Kier alpha value is -2.30. The molecule has 1 aliphatic rings. The van der Waals surface area contributed by atoms with Crippen LogP contribution in [0.15, 0.2) is 36.4 Å². The number of fused-ring (bicyclic) bond motifs is 1. The van der Waals surface area contributed by atoms with Gasteiger partial charge in [0.1, 0.15) is 5.60 Å². The number of carbonyl (C=O) groups is 2. The number of benzene rings is 2. The largest absolute Gasteiger partial charge is 0.443 e. The van der Waals surface area contributed by atoms with Crippen LogP contribution in [0.1, 0.15) is 37.5 Å². The van der Waals surface area contributed by atoms with Crippen LogP contribution in [-0.4, -0.2) is 17.6 Å². The van der Waals surface area contributed by atoms with Gasteiger partial charge in [-0.15, -0.1) is 0 Å². The van der Waals surface area contributed by atoms with Crippen LogP contribution in [0.5, 0.6) is 0 Å². The summed E-state index contributed by atoms with van der Waals surface area (Å²) in [6, 6.07) is 10.4. The van der Waals surface area contributed by atoms with Gasteiger partial charge in [-0.05, 0) is 69.2 Å². The molecule has 1 heterocycles. The van der Waals surface area contributed by atoms with E-state index in [-0.39, 0.29) is 0 Å². The van der Waals surface area contributed by atoms with Gasteiger partial charge in [0.15, 0.2) is 0 Å². The summed E-state index contributed by atoms with van der Waals surface area (Å²) in [5.74, 6) is -0.458. The molecule has 0 saturated carbocycles. The quantitative estimate of drug-likeness (QED) is 0.538. The molecule has 4 nitrogen and oxygen atoms in total. The van der Waals surface area contributed by atoms with E-state index in [4.69, 9.17) is 27.9 Å². The standard InChI is InChI=1S/C21H19Cl2NO3/c1-12-5-6-14(22)9-13(12)10-17-16-8-7-15(23)11-18(16)24(19(17)25)20(26)27-21(2,3)4/h5-11H,1-4H3. The first-order chi connectivity index (χ1) is 12.6. The van der Waals surface area contributed by atoms with Crippen molar-refractivity contribution < 1.29 is 14.3 Å². The molecule has 2 amide bonds. The Bertz CT molecular complexity index is 974. The number of imide groups is 1. The van der Waals surface area contributed by atoms with E-state index >= 15 is 0 Å². The average Bonchev–Trinajstić information content (AvgIpc) is 2.80. The van der Waals surface area contributed by atoms with Crippen LogP contribution in [0, 0.1) is 6.92 Å². The number of hydrogen-bond acceptors (Lipinski definition) is 3. The van der Waals surface area contributed by atoms with E-state index in [1.54, 1.807) is 57.2 Å². The smallest absolute Gasteiger partial charge is 0.422 e. The van der Waals surface area contributed by atoms with Gasteiger partial charge in [0.2, 0.25) is 0 Å². The Morgan fingerprint density at radius 3 is 2.37 bits per heavy atom. The molecular formula is C21H19Cl2NO3. The number of halogens is 2. The lowest BCUT2D eigenvalue weighted by atomic mass is 10.0. The molecule has 0 bridgehead atoms. The number of ether oxygens (including phenoxy) is 1. The fraction of sp³-hybridized carbons (Fsp3) is 0.238. The number of anilines is 1. The summed E-state index contributed by atoms with van der Waals surface area (Å²) in [6.07, 6.45) is 1.00. The Kier molecular flexibility index (Phi) is 5.06. The van der Waals surface area contributed by atoms with Gasteiger partial charge in [0, 0.05) is 15.6 Å². The number of rotatable bonds is 1. The van der Waals surface area contributed by atoms with Crippen LogP contribution in [0.4, 0.5) is 10.5 Å². The van der Waals surface area contributed by atoms with Gasteiger partial charge < -0.3 is 4.74 Å². The minimum absolute atomic E-state index is 0.387. The Labute approximate surface area is 168 Å². The van der Waals surface area contributed by atoms with Gasteiger partial charge in [-0.2, -0.15) is 0 Å². The van der Waals surface area contributed by atoms with E-state index in [0.717, 1.165) is 16.0 Å². The molecule has 6 heteroatoms. The lowest BCUT2D eigenvalue weighted by Crippen LogP contribution is -2.38. The highest BCUT2D eigenvalue weighted by atomic mass is 35.5. The zero-order valence-electron chi connectivity index (χ0n) is 15.5. The fourth-order valence-corrected chi connectivity index (χ4v) is 3.16. The van der Waals surface area contributed by atoms with Crippen LogP contribution in [-0.2, 0) is 9.53 Å². The Balaban J connectivity index is 2.13. The van der Waals surface area contributed by atoms with Crippen LogP contribution in [0.25, 0.3) is 11.6 Å². The van der Waals surface area contributed by atoms with E-state index < -0.39 is 17.6 Å². The van der Waals surface area contributed by atoms with Crippen molar-refractivity contribution in [1.29, 1.82) is 0 Å². The molecule has 0 saturated heterocycles. The molecule has 0 spiro atoms. The minimum Gasteiger partial charge on any atom is -0.443 e. The normalized spacial score (nSPS) is 15.3. The summed E-state index contributed by atoms with van der Waals surface area (Å²) in [5, 5.41) is 0.994. The second kappa shape index (κ2) is 7.02. The van der Waals surface area contributed by atoms with Gasteiger partial charge >= 0.3 is 6.09 Å². The lowest BCUT2D eigenvalue weighted by molar-refractivity contribution is -0.112. The third-order valence-corrected chi connectivity index (χ3v) is 4.51. The second-order valence-electron chi connectivity index (χ2n) is 7.34. The van der Waals surface area contributed by atoms with Gasteiger partial charge in [-0.3, -0.25) is 4.79 Å². The fourth-order valence-electron chi connectivity index (χ4n) is 2.81. The number of amides is 2. The highest BCUT2D eigenvalue weighted by Gasteiger charge is 2.39. The van der Waals surface area contributed by atoms with Crippen molar-refractivity contribution in [3.63, 3.8) is 0 Å². The van der Waals surface area contributed by atoms with Crippen LogP contribution < -0.4 is 4.90 Å². The molecule has 0 aliphatic carbocycles. The molecule has 2 aromatic rings. The van der Waals surface area contributed by atoms with Gasteiger partial charge in [-0.1, -0.05) is 35.3 Å². The molecule has 0 unspecified atom stereocenters. The maximum absolute atomic E-state index is 13.1. The third-order valence-electron chi connectivity index (χ3n) is 4.04. The molecule has 140 valence electrons. The van der Waals surface area contributed by atoms with Gasteiger partial charge in [0.05, 0.1) is 11.3 Å². The monoisotopic (exact) mass is 403 g/mol. The van der Waals surface area contributed by atoms with E-state index in [2.05, 4.69) is 0 Å². The highest BCUT2D eigenvalue weighted by molar-refractivity contribution is 6.42. The van der Waals surface area contributed by atoms with Crippen molar-refractivity contribution >= 4 is 52.5 Å². The first kappa shape index (κ1) is 19.5. The number of carbonyl (C=O) groups excluding carboxylic acids is 2. The molecule has 0 radical (unpaired) electrons. The van der Waals surface area contributed by atoms with Crippen molar-refractivity contribution in [2.24, 2.45) is 0 Å². The third kappa shape index (κ3) is 4.02. The molecule has 0 N–H and O–H groups in total. The van der Waals surface area contributed by atoms with Crippen molar-refractivity contribution in [3.05, 3.63) is 63.1 Å². The summed E-state index contributed by atoms with van der Waals surface area (Å²) < 4.78 is 5.40. The molecule has 27 heavy (non-hydrogen) atoms. The first-order valence-electron chi connectivity index (χ1n) is 8.42. The van der Waals surface area contributed by atoms with Crippen molar-refractivity contribution in [2.45, 2.75) is 33.3 Å². The number of hydrogen-bond donors (Lipinski definition) is 0. The van der Waals surface area contributed by atoms with Gasteiger partial charge in [0.25, 0.3) is 5.91 Å². The lowest BCUT2D eigenvalue weighted by Gasteiger charge is -2.23. The highest BCUT2D eigenvalue weighted by Crippen LogP contribution is 2.40. The summed E-state index contributed by atoms with van der Waals surface area (Å²) in [4.78, 5) is 26.8. The number of aryl methyl sites for hydroxylation is 1. The summed E-state index contributed by atoms with van der Waals surface area (Å²) in [5.41, 5.74) is 2.45. The molecular weight excluding hydrogens is 385 g/mol. The first-order valence-corrected chi connectivity index (χ1v) is 9.17. The molecule has 0 aromatic heterocycles. The summed E-state index contributed by atoms with van der Waals surface area (Å²) >= 11 is 12.2. The van der Waals surface area contributed by atoms with Crippen LogP contribution >= 0.6 is 23.2 Å². The predicted molar refractivity (Wildman–Crippen MR) is 109 cm³/mol. The number of nitrogens with zero attached hydrogens (tertiary/aromatic N) is 1. The van der Waals surface area contributed by atoms with Gasteiger partial charge in [-0.25, -0.2) is 9.69 Å². The topological polar surface area (TPSA) is 46.6 Å². The maximum atomic E-state index is 13.1. The van der Waals surface area contributed by atoms with Crippen molar-refractivity contribution in [3.8, 4) is 0 Å². The Morgan fingerprint density at radius 1 is 1.07 bits per heavy atom. The Morgan fingerprint density at radius 2 is 1.70 bits per heavy atom. The van der Waals surface area contributed by atoms with E-state index in [9.17, 15) is 9.59 Å². The average molecular weight is 404 g/mol. The van der Waals surface area contributed by atoms with Crippen LogP contribution in [0.3, 0.4) is 0 Å². The molecule has 0 fully saturated rings. The zero-order valence-corrected chi connectivity index (χ0v) is 17.0. The zero-order chi connectivity index (χ0) is 19.9.